The van der Waals surface area contributed by atoms with Gasteiger partial charge in [0.1, 0.15) is 0 Å². The smallest absolute Gasteiger partial charge is 0.224 e. The maximum atomic E-state index is 12.0. The number of anilines is 1. The fourth-order valence-corrected chi connectivity index (χ4v) is 2.84. The molecule has 2 aromatic rings. The van der Waals surface area contributed by atoms with E-state index in [0.717, 1.165) is 27.7 Å². The fourth-order valence-electron chi connectivity index (χ4n) is 2.40. The zero-order valence-electron chi connectivity index (χ0n) is 14.3. The molecule has 4 nitrogen and oxygen atoms in total. The molecule has 2 N–H and O–H groups in total. The molecule has 0 saturated carbocycles. The Balaban J connectivity index is 1.75. The molecule has 0 aromatic heterocycles. The molecule has 25 heavy (non-hydrogen) atoms. The SMILES string of the molecule is CCCC(=O)Nc1ccc(CNC(=O)CCc2cccc(Br)c2)cc1. The summed E-state index contributed by atoms with van der Waals surface area (Å²) in [5.41, 5.74) is 2.92. The predicted octanol–water partition coefficient (Wildman–Crippen LogP) is 4.44. The summed E-state index contributed by atoms with van der Waals surface area (Å²) in [5.74, 6) is 0.0522. The molecule has 0 spiro atoms. The van der Waals surface area contributed by atoms with Gasteiger partial charge in [0.05, 0.1) is 0 Å². The summed E-state index contributed by atoms with van der Waals surface area (Å²) in [6.45, 7) is 2.46. The zero-order chi connectivity index (χ0) is 18.1. The highest BCUT2D eigenvalue weighted by molar-refractivity contribution is 9.10. The molecule has 0 heterocycles. The van der Waals surface area contributed by atoms with Gasteiger partial charge >= 0.3 is 0 Å². The van der Waals surface area contributed by atoms with Gasteiger partial charge in [-0.1, -0.05) is 47.1 Å². The Bertz CT molecular complexity index is 714. The number of rotatable bonds is 8. The fraction of sp³-hybridized carbons (Fsp3) is 0.300. The molecule has 0 radical (unpaired) electrons. The second kappa shape index (κ2) is 9.99. The van der Waals surface area contributed by atoms with Crippen LogP contribution in [0.1, 0.15) is 37.3 Å². The summed E-state index contributed by atoms with van der Waals surface area (Å²) >= 11 is 3.43. The van der Waals surface area contributed by atoms with Crippen LogP contribution in [0, 0.1) is 0 Å². The summed E-state index contributed by atoms with van der Waals surface area (Å²) in [6, 6.07) is 15.5. The Hall–Kier alpha value is -2.14. The highest BCUT2D eigenvalue weighted by atomic mass is 79.9. The van der Waals surface area contributed by atoms with Crippen molar-refractivity contribution >= 4 is 33.4 Å². The van der Waals surface area contributed by atoms with E-state index in [1.54, 1.807) is 0 Å². The summed E-state index contributed by atoms with van der Waals surface area (Å²) in [6.07, 6.45) is 2.53. The van der Waals surface area contributed by atoms with Crippen molar-refractivity contribution in [2.24, 2.45) is 0 Å². The average Bonchev–Trinajstić information content (AvgIpc) is 2.59. The van der Waals surface area contributed by atoms with Crippen LogP contribution in [0.15, 0.2) is 53.0 Å². The number of halogens is 1. The van der Waals surface area contributed by atoms with Gasteiger partial charge in [0.25, 0.3) is 0 Å². The van der Waals surface area contributed by atoms with Crippen LogP contribution in [0.2, 0.25) is 0 Å². The average molecular weight is 403 g/mol. The van der Waals surface area contributed by atoms with E-state index in [2.05, 4.69) is 26.6 Å². The topological polar surface area (TPSA) is 58.2 Å². The van der Waals surface area contributed by atoms with Crippen molar-refractivity contribution in [3.63, 3.8) is 0 Å². The minimum Gasteiger partial charge on any atom is -0.352 e. The molecule has 0 saturated heterocycles. The van der Waals surface area contributed by atoms with Crippen molar-refractivity contribution < 1.29 is 9.59 Å². The first-order chi connectivity index (χ1) is 12.1. The van der Waals surface area contributed by atoms with E-state index in [0.29, 0.717) is 25.8 Å². The van der Waals surface area contributed by atoms with Crippen molar-refractivity contribution in [3.8, 4) is 0 Å². The second-order valence-electron chi connectivity index (χ2n) is 5.90. The van der Waals surface area contributed by atoms with Crippen LogP contribution in [0.3, 0.4) is 0 Å². The summed E-state index contributed by atoms with van der Waals surface area (Å²) in [5, 5.41) is 5.77. The van der Waals surface area contributed by atoms with Gasteiger partial charge < -0.3 is 10.6 Å². The molecule has 132 valence electrons. The molecule has 0 aliphatic rings. The number of amides is 2. The van der Waals surface area contributed by atoms with Gasteiger partial charge in [-0.05, 0) is 48.2 Å². The van der Waals surface area contributed by atoms with E-state index < -0.39 is 0 Å². The predicted molar refractivity (Wildman–Crippen MR) is 104 cm³/mol. The highest BCUT2D eigenvalue weighted by Gasteiger charge is 2.04. The standard InChI is InChI=1S/C20H23BrN2O2/c1-2-4-20(25)23-18-10-7-16(8-11-18)14-22-19(24)12-9-15-5-3-6-17(21)13-15/h3,5-8,10-11,13H,2,4,9,12,14H2,1H3,(H,22,24)(H,23,25). The molecule has 0 aliphatic heterocycles. The van der Waals surface area contributed by atoms with Crippen LogP contribution in [0.4, 0.5) is 5.69 Å². The van der Waals surface area contributed by atoms with Gasteiger partial charge in [0.15, 0.2) is 0 Å². The first-order valence-electron chi connectivity index (χ1n) is 8.46. The number of aryl methyl sites for hydroxylation is 1. The zero-order valence-corrected chi connectivity index (χ0v) is 15.9. The molecular formula is C20H23BrN2O2. The third kappa shape index (κ3) is 7.10. The van der Waals surface area contributed by atoms with Crippen LogP contribution < -0.4 is 10.6 Å². The van der Waals surface area contributed by atoms with E-state index in [4.69, 9.17) is 0 Å². The summed E-state index contributed by atoms with van der Waals surface area (Å²) < 4.78 is 1.02. The molecule has 2 aromatic carbocycles. The van der Waals surface area contributed by atoms with Crippen LogP contribution in [0.25, 0.3) is 0 Å². The molecule has 2 rings (SSSR count). The largest absolute Gasteiger partial charge is 0.352 e. The van der Waals surface area contributed by atoms with E-state index in [-0.39, 0.29) is 11.8 Å². The number of hydrogen-bond donors (Lipinski definition) is 2. The normalized spacial score (nSPS) is 10.3. The number of carbonyl (C=O) groups excluding carboxylic acids is 2. The first kappa shape index (κ1) is 19.2. The Morgan fingerprint density at radius 1 is 0.960 bits per heavy atom. The minimum atomic E-state index is 0.0242. The summed E-state index contributed by atoms with van der Waals surface area (Å²) in [4.78, 5) is 23.5. The van der Waals surface area contributed by atoms with Gasteiger partial charge in [-0.2, -0.15) is 0 Å². The second-order valence-corrected chi connectivity index (χ2v) is 6.82. The van der Waals surface area contributed by atoms with E-state index in [9.17, 15) is 9.59 Å². The number of carbonyl (C=O) groups is 2. The lowest BCUT2D eigenvalue weighted by Crippen LogP contribution is -2.23. The van der Waals surface area contributed by atoms with Crippen LogP contribution in [-0.4, -0.2) is 11.8 Å². The van der Waals surface area contributed by atoms with E-state index in [1.165, 1.54) is 0 Å². The monoisotopic (exact) mass is 402 g/mol. The number of benzene rings is 2. The van der Waals surface area contributed by atoms with Gasteiger partial charge in [0.2, 0.25) is 11.8 Å². The Morgan fingerprint density at radius 2 is 1.72 bits per heavy atom. The maximum Gasteiger partial charge on any atom is 0.224 e. The molecular weight excluding hydrogens is 380 g/mol. The molecule has 5 heteroatoms. The van der Waals surface area contributed by atoms with E-state index >= 15 is 0 Å². The molecule has 0 fully saturated rings. The first-order valence-corrected chi connectivity index (χ1v) is 9.26. The Kier molecular flexibility index (Phi) is 7.67. The van der Waals surface area contributed by atoms with E-state index in [1.807, 2.05) is 55.5 Å². The number of hydrogen-bond acceptors (Lipinski definition) is 2. The van der Waals surface area contributed by atoms with Crippen LogP contribution >= 0.6 is 15.9 Å². The maximum absolute atomic E-state index is 12.0. The van der Waals surface area contributed by atoms with Crippen LogP contribution in [-0.2, 0) is 22.6 Å². The van der Waals surface area contributed by atoms with Crippen molar-refractivity contribution in [2.75, 3.05) is 5.32 Å². The molecule has 0 bridgehead atoms. The summed E-state index contributed by atoms with van der Waals surface area (Å²) in [7, 11) is 0. The lowest BCUT2D eigenvalue weighted by Gasteiger charge is -2.08. The van der Waals surface area contributed by atoms with Crippen LogP contribution in [0.5, 0.6) is 0 Å². The third-order valence-electron chi connectivity index (χ3n) is 3.73. The van der Waals surface area contributed by atoms with Gasteiger partial charge in [-0.3, -0.25) is 9.59 Å². The lowest BCUT2D eigenvalue weighted by molar-refractivity contribution is -0.121. The van der Waals surface area contributed by atoms with Crippen molar-refractivity contribution in [3.05, 3.63) is 64.1 Å². The number of nitrogens with one attached hydrogen (secondary N) is 2. The van der Waals surface area contributed by atoms with Crippen molar-refractivity contribution in [1.29, 1.82) is 0 Å². The minimum absolute atomic E-state index is 0.0242. The van der Waals surface area contributed by atoms with Crippen molar-refractivity contribution in [2.45, 2.75) is 39.2 Å². The van der Waals surface area contributed by atoms with Gasteiger partial charge in [-0.15, -0.1) is 0 Å². The molecule has 0 aliphatic carbocycles. The quantitative estimate of drug-likeness (QED) is 0.685. The highest BCUT2D eigenvalue weighted by Crippen LogP contribution is 2.13. The molecule has 0 atom stereocenters. The van der Waals surface area contributed by atoms with Crippen molar-refractivity contribution in [1.82, 2.24) is 5.32 Å². The third-order valence-corrected chi connectivity index (χ3v) is 4.23. The van der Waals surface area contributed by atoms with Gasteiger partial charge in [-0.25, -0.2) is 0 Å². The molecule has 0 unspecified atom stereocenters. The molecule has 2 amide bonds. The Labute approximate surface area is 157 Å². The van der Waals surface area contributed by atoms with Gasteiger partial charge in [0, 0.05) is 29.5 Å². The lowest BCUT2D eigenvalue weighted by atomic mass is 10.1. The Morgan fingerprint density at radius 3 is 2.40 bits per heavy atom.